The molecule has 1 saturated carbocycles. The molecule has 1 atom stereocenters. The predicted octanol–water partition coefficient (Wildman–Crippen LogP) is 2.69. The lowest BCUT2D eigenvalue weighted by Gasteiger charge is -2.30. The van der Waals surface area contributed by atoms with Gasteiger partial charge in [0, 0.05) is 19.0 Å². The van der Waals surface area contributed by atoms with Crippen molar-refractivity contribution >= 4 is 11.8 Å². The average Bonchev–Trinajstić information content (AvgIpc) is 3.12. The number of amides is 2. The molecule has 1 aliphatic carbocycles. The lowest BCUT2D eigenvalue weighted by atomic mass is 9.88. The largest absolute Gasteiger partial charge is 0.354 e. The van der Waals surface area contributed by atoms with Crippen LogP contribution in [0.3, 0.4) is 0 Å². The molecule has 2 amide bonds. The third kappa shape index (κ3) is 4.05. The van der Waals surface area contributed by atoms with Gasteiger partial charge in [-0.1, -0.05) is 61.7 Å². The molecule has 0 aromatic heterocycles. The molecular weight excluding hydrogens is 300 g/mol. The molecule has 1 N–H and O–H groups in total. The zero-order valence-electron chi connectivity index (χ0n) is 14.1. The van der Waals surface area contributed by atoms with E-state index in [2.05, 4.69) is 17.4 Å². The maximum Gasteiger partial charge on any atom is 0.246 e. The smallest absolute Gasteiger partial charge is 0.246 e. The van der Waals surface area contributed by atoms with E-state index in [1.54, 1.807) is 4.90 Å². The average molecular weight is 326 g/mol. The summed E-state index contributed by atoms with van der Waals surface area (Å²) in [7, 11) is 0. The summed E-state index contributed by atoms with van der Waals surface area (Å²) in [5.41, 5.74) is 1.20. The maximum atomic E-state index is 12.7. The van der Waals surface area contributed by atoms with Crippen molar-refractivity contribution in [3.8, 4) is 0 Å². The maximum absolute atomic E-state index is 12.7. The zero-order chi connectivity index (χ0) is 16.8. The molecule has 0 bridgehead atoms. The van der Waals surface area contributed by atoms with Crippen molar-refractivity contribution < 1.29 is 9.59 Å². The van der Waals surface area contributed by atoms with Crippen LogP contribution in [0.2, 0.25) is 0 Å². The number of hydrogen-bond donors (Lipinski definition) is 1. The van der Waals surface area contributed by atoms with Crippen LogP contribution < -0.4 is 5.32 Å². The minimum atomic E-state index is -0.435. The van der Waals surface area contributed by atoms with E-state index in [0.717, 1.165) is 32.1 Å². The monoisotopic (exact) mass is 326 g/mol. The molecule has 1 fully saturated rings. The Bertz CT molecular complexity index is 591. The first-order chi connectivity index (χ1) is 11.8. The van der Waals surface area contributed by atoms with Crippen LogP contribution in [0.25, 0.3) is 0 Å². The van der Waals surface area contributed by atoms with Gasteiger partial charge in [0.25, 0.3) is 0 Å². The molecule has 1 heterocycles. The van der Waals surface area contributed by atoms with E-state index in [-0.39, 0.29) is 17.7 Å². The van der Waals surface area contributed by atoms with Gasteiger partial charge < -0.3 is 10.2 Å². The standard InChI is InChI=1S/C20H26N2O2/c23-19(21-14-13-16-8-3-1-4-9-16)18-12-7-15-22(18)20(24)17-10-5-2-6-11-17/h1,3-4,7-9,12,17-18H,2,5-6,10-11,13-15H2,(H,21,23)/t18-/m1/s1. The molecule has 0 radical (unpaired) electrons. The normalized spacial score (nSPS) is 21.0. The molecule has 1 aromatic rings. The van der Waals surface area contributed by atoms with E-state index in [1.807, 2.05) is 30.4 Å². The fourth-order valence-electron chi connectivity index (χ4n) is 3.64. The number of benzene rings is 1. The topological polar surface area (TPSA) is 49.4 Å². The van der Waals surface area contributed by atoms with E-state index >= 15 is 0 Å². The second-order valence-electron chi connectivity index (χ2n) is 6.73. The Morgan fingerprint density at radius 1 is 1.08 bits per heavy atom. The van der Waals surface area contributed by atoms with Gasteiger partial charge in [-0.15, -0.1) is 0 Å². The third-order valence-corrected chi connectivity index (χ3v) is 5.02. The molecule has 4 nitrogen and oxygen atoms in total. The minimum absolute atomic E-state index is 0.0659. The first kappa shape index (κ1) is 16.7. The summed E-state index contributed by atoms with van der Waals surface area (Å²) in [6, 6.07) is 9.67. The second kappa shape index (κ2) is 8.13. The Morgan fingerprint density at radius 2 is 1.83 bits per heavy atom. The van der Waals surface area contributed by atoms with Crippen LogP contribution in [-0.4, -0.2) is 35.8 Å². The van der Waals surface area contributed by atoms with Crippen LogP contribution in [0.1, 0.15) is 37.7 Å². The van der Waals surface area contributed by atoms with Crippen LogP contribution in [0.15, 0.2) is 42.5 Å². The lowest BCUT2D eigenvalue weighted by molar-refractivity contribution is -0.141. The highest BCUT2D eigenvalue weighted by Crippen LogP contribution is 2.27. The fourth-order valence-corrected chi connectivity index (χ4v) is 3.64. The van der Waals surface area contributed by atoms with Gasteiger partial charge >= 0.3 is 0 Å². The number of carbonyl (C=O) groups is 2. The van der Waals surface area contributed by atoms with E-state index in [4.69, 9.17) is 0 Å². The molecule has 3 rings (SSSR count). The zero-order valence-corrected chi connectivity index (χ0v) is 14.1. The molecule has 0 spiro atoms. The van der Waals surface area contributed by atoms with Gasteiger partial charge in [-0.3, -0.25) is 9.59 Å². The highest BCUT2D eigenvalue weighted by Gasteiger charge is 2.34. The number of nitrogens with zero attached hydrogens (tertiary/aromatic N) is 1. The third-order valence-electron chi connectivity index (χ3n) is 5.02. The summed E-state index contributed by atoms with van der Waals surface area (Å²) in [5.74, 6) is 0.199. The molecule has 1 aliphatic heterocycles. The van der Waals surface area contributed by atoms with Crippen LogP contribution in [0.5, 0.6) is 0 Å². The Kier molecular flexibility index (Phi) is 5.68. The van der Waals surface area contributed by atoms with E-state index in [0.29, 0.717) is 13.1 Å². The van der Waals surface area contributed by atoms with Gasteiger partial charge in [-0.25, -0.2) is 0 Å². The first-order valence-electron chi connectivity index (χ1n) is 9.04. The van der Waals surface area contributed by atoms with Gasteiger partial charge in [-0.2, -0.15) is 0 Å². The van der Waals surface area contributed by atoms with Crippen molar-refractivity contribution in [3.05, 3.63) is 48.0 Å². The number of rotatable bonds is 5. The van der Waals surface area contributed by atoms with E-state index in [9.17, 15) is 9.59 Å². The van der Waals surface area contributed by atoms with Gasteiger partial charge in [-0.05, 0) is 24.8 Å². The van der Waals surface area contributed by atoms with E-state index in [1.165, 1.54) is 12.0 Å². The quantitative estimate of drug-likeness (QED) is 0.846. The molecule has 0 saturated heterocycles. The highest BCUT2D eigenvalue weighted by atomic mass is 16.2. The number of hydrogen-bond acceptors (Lipinski definition) is 2. The molecule has 2 aliphatic rings. The SMILES string of the molecule is O=C(NCCc1ccccc1)[C@H]1C=CCN1C(=O)C1CCCCC1. The van der Waals surface area contributed by atoms with Gasteiger partial charge in [0.05, 0.1) is 0 Å². The summed E-state index contributed by atoms with van der Waals surface area (Å²) in [6.45, 7) is 1.16. The molecule has 4 heteroatoms. The van der Waals surface area contributed by atoms with Gasteiger partial charge in [0.15, 0.2) is 0 Å². The number of nitrogens with one attached hydrogen (secondary N) is 1. The van der Waals surface area contributed by atoms with E-state index < -0.39 is 6.04 Å². The Hall–Kier alpha value is -2.10. The summed E-state index contributed by atoms with van der Waals surface area (Å²) in [5, 5.41) is 2.98. The van der Waals surface area contributed by atoms with Gasteiger partial charge in [0.2, 0.25) is 11.8 Å². The van der Waals surface area contributed by atoms with Crippen molar-refractivity contribution in [3.63, 3.8) is 0 Å². The van der Waals surface area contributed by atoms with Crippen molar-refractivity contribution in [1.29, 1.82) is 0 Å². The summed E-state index contributed by atoms with van der Waals surface area (Å²) < 4.78 is 0. The molecule has 24 heavy (non-hydrogen) atoms. The Morgan fingerprint density at radius 3 is 2.58 bits per heavy atom. The van der Waals surface area contributed by atoms with Crippen LogP contribution >= 0.6 is 0 Å². The van der Waals surface area contributed by atoms with Crippen LogP contribution in [-0.2, 0) is 16.0 Å². The molecular formula is C20H26N2O2. The molecule has 0 unspecified atom stereocenters. The summed E-state index contributed by atoms with van der Waals surface area (Å²) in [4.78, 5) is 26.9. The second-order valence-corrected chi connectivity index (χ2v) is 6.73. The van der Waals surface area contributed by atoms with Gasteiger partial charge in [0.1, 0.15) is 6.04 Å². The van der Waals surface area contributed by atoms with Crippen molar-refractivity contribution in [2.24, 2.45) is 5.92 Å². The summed E-state index contributed by atoms with van der Waals surface area (Å²) in [6.07, 6.45) is 10.0. The highest BCUT2D eigenvalue weighted by molar-refractivity contribution is 5.91. The lowest BCUT2D eigenvalue weighted by Crippen LogP contribution is -2.48. The Balaban J connectivity index is 1.51. The van der Waals surface area contributed by atoms with Crippen molar-refractivity contribution in [2.45, 2.75) is 44.6 Å². The van der Waals surface area contributed by atoms with Crippen LogP contribution in [0, 0.1) is 5.92 Å². The minimum Gasteiger partial charge on any atom is -0.354 e. The predicted molar refractivity (Wildman–Crippen MR) is 94.4 cm³/mol. The van der Waals surface area contributed by atoms with Crippen molar-refractivity contribution in [2.75, 3.05) is 13.1 Å². The number of carbonyl (C=O) groups excluding carboxylic acids is 2. The fraction of sp³-hybridized carbons (Fsp3) is 0.500. The first-order valence-corrected chi connectivity index (χ1v) is 9.04. The Labute approximate surface area is 143 Å². The van der Waals surface area contributed by atoms with Crippen molar-refractivity contribution in [1.82, 2.24) is 10.2 Å². The molecule has 1 aromatic carbocycles. The summed E-state index contributed by atoms with van der Waals surface area (Å²) >= 11 is 0. The van der Waals surface area contributed by atoms with Crippen LogP contribution in [0.4, 0.5) is 0 Å². The molecule has 128 valence electrons.